The Kier molecular flexibility index (Phi) is 11.9. The molecule has 2 bridgehead atoms. The number of carbonyl (C=O) groups excluding carboxylic acids is 2. The second-order valence-electron chi connectivity index (χ2n) is 16.3. The average molecular weight is 900 g/mol. The van der Waals surface area contributed by atoms with Crippen molar-refractivity contribution >= 4 is 23.7 Å². The Morgan fingerprint density at radius 1 is 1.04 bits per heavy atom. The van der Waals surface area contributed by atoms with Crippen LogP contribution in [0.5, 0.6) is 0 Å². The van der Waals surface area contributed by atoms with Gasteiger partial charge in [-0.15, -0.1) is 11.8 Å². The van der Waals surface area contributed by atoms with E-state index in [4.69, 9.17) is 18.9 Å². The molecule has 6 unspecified atom stereocenters. The zero-order valence-electron chi connectivity index (χ0n) is 30.7. The molecule has 2 N–H and O–H groups in total. The zero-order chi connectivity index (χ0) is 34.9. The summed E-state index contributed by atoms with van der Waals surface area (Å²) in [6.45, 7) is 20.6. The van der Waals surface area contributed by atoms with E-state index in [-0.39, 0.29) is 86.9 Å². The van der Waals surface area contributed by atoms with Gasteiger partial charge < -0.3 is 29.2 Å². The maximum atomic E-state index is 14.1. The van der Waals surface area contributed by atoms with Gasteiger partial charge in [0.15, 0.2) is 0 Å². The average Bonchev–Trinajstić information content (AvgIpc) is 3.01. The van der Waals surface area contributed by atoms with Gasteiger partial charge in [-0.3, -0.25) is 4.79 Å². The Morgan fingerprint density at radius 2 is 1.67 bits per heavy atom. The number of rotatable bonds is 8. The first kappa shape index (κ1) is 40.3. The van der Waals surface area contributed by atoms with Gasteiger partial charge in [-0.25, -0.2) is 4.79 Å². The van der Waals surface area contributed by atoms with Crippen molar-refractivity contribution in [2.24, 2.45) is 39.9 Å². The molecule has 1 aromatic rings. The van der Waals surface area contributed by atoms with E-state index in [1.807, 2.05) is 53.9 Å². The van der Waals surface area contributed by atoms with Gasteiger partial charge in [0.25, 0.3) is 0 Å². The van der Waals surface area contributed by atoms with Gasteiger partial charge in [-0.2, -0.15) is 0 Å². The van der Waals surface area contributed by atoms with Crippen molar-refractivity contribution in [2.45, 2.75) is 118 Å². The fourth-order valence-corrected chi connectivity index (χ4v) is 9.80. The van der Waals surface area contributed by atoms with E-state index in [0.29, 0.717) is 17.9 Å². The fraction of sp³-hybridized carbons (Fsp3) is 0.737. The van der Waals surface area contributed by atoms with Gasteiger partial charge in [0, 0.05) is 73.7 Å². The molecule has 3 aliphatic carbocycles. The minimum absolute atomic E-state index is 0. The largest absolute Gasteiger partial charge is 0.458 e. The van der Waals surface area contributed by atoms with E-state index >= 15 is 0 Å². The van der Waals surface area contributed by atoms with Crippen LogP contribution in [0.25, 0.3) is 0 Å². The molecule has 0 spiro atoms. The number of thioether (sulfide) groups is 1. The Labute approximate surface area is 327 Å². The first-order valence-electron chi connectivity index (χ1n) is 17.1. The number of hydrogen-bond donors (Lipinski definition) is 2. The molecule has 8 nitrogen and oxygen atoms in total. The first-order valence-corrected chi connectivity index (χ1v) is 18.5. The van der Waals surface area contributed by atoms with Gasteiger partial charge in [-0.1, -0.05) is 86.1 Å². The molecule has 10 atom stereocenters. The van der Waals surface area contributed by atoms with Crippen molar-refractivity contribution in [3.63, 3.8) is 0 Å². The molecule has 1 aromatic carbocycles. The topological polar surface area (TPSA) is 112 Å². The molecule has 10 heteroatoms. The molecule has 265 valence electrons. The number of fused-ring (bicyclic) bond motifs is 5. The van der Waals surface area contributed by atoms with Crippen LogP contribution in [0.2, 0.25) is 0 Å². The number of esters is 2. The van der Waals surface area contributed by atoms with Crippen LogP contribution in [0.1, 0.15) is 92.4 Å². The second-order valence-corrected chi connectivity index (χ2v) is 17.1. The summed E-state index contributed by atoms with van der Waals surface area (Å²) in [5, 5.41) is 26.2. The van der Waals surface area contributed by atoms with Crippen LogP contribution in [0.4, 0.5) is 0 Å². The summed E-state index contributed by atoms with van der Waals surface area (Å²) in [5.74, 6) is -1.66. The van der Waals surface area contributed by atoms with Crippen LogP contribution >= 0.6 is 11.8 Å². The van der Waals surface area contributed by atoms with Crippen LogP contribution in [-0.2, 0) is 23.7 Å². The summed E-state index contributed by atoms with van der Waals surface area (Å²) in [6, 6.07) is 8.75. The molecule has 1 aliphatic heterocycles. The molecule has 1 heterocycles. The minimum atomic E-state index is -1.74. The Bertz CT molecular complexity index is 1400. The molecule has 0 amide bonds. The van der Waals surface area contributed by atoms with Crippen molar-refractivity contribution in [1.82, 2.24) is 0 Å². The van der Waals surface area contributed by atoms with Gasteiger partial charge >= 0.3 is 11.9 Å². The van der Waals surface area contributed by atoms with Crippen LogP contribution in [0.3, 0.4) is 0 Å². The Balaban J connectivity index is 0.00000520. The summed E-state index contributed by atoms with van der Waals surface area (Å²) in [6.07, 6.45) is -0.390. The predicted molar refractivity (Wildman–Crippen MR) is 183 cm³/mol. The Morgan fingerprint density at radius 3 is 2.21 bits per heavy atom. The van der Waals surface area contributed by atoms with Crippen molar-refractivity contribution in [1.29, 1.82) is 0 Å². The maximum Gasteiger partial charge on any atom is 0.338 e. The zero-order valence-corrected chi connectivity index (χ0v) is 36.2. The van der Waals surface area contributed by atoms with Crippen molar-refractivity contribution in [3.8, 4) is 0 Å². The molecular weight excluding hydrogens is 843 g/mol. The quantitative estimate of drug-likeness (QED) is 0.173. The number of benzene rings is 1. The first-order chi connectivity index (χ1) is 21.8. The molecule has 3 fully saturated rings. The molecule has 2 saturated carbocycles. The van der Waals surface area contributed by atoms with Gasteiger partial charge in [0.2, 0.25) is 0 Å². The van der Waals surface area contributed by atoms with Crippen LogP contribution in [0, 0.1) is 84.0 Å². The SMILES string of the molecule is CSCOC1CC2OC[C@@]2(O)C2C(OC(=O)c3ccccc3)C3(O)CC(OC(=O)[C@H](C)C(C)C)C(C)=C([C@@H](C)C(C)(C)[C@]12C)C3(C)C.[Ac]. The van der Waals surface area contributed by atoms with E-state index in [1.165, 1.54) is 0 Å². The molecule has 1 saturated heterocycles. The second kappa shape index (κ2) is 14.2. The summed E-state index contributed by atoms with van der Waals surface area (Å²) in [7, 11) is 0. The van der Waals surface area contributed by atoms with Gasteiger partial charge in [-0.05, 0) is 48.1 Å². The van der Waals surface area contributed by atoms with Crippen molar-refractivity contribution < 1.29 is 82.8 Å². The number of hydrogen-bond acceptors (Lipinski definition) is 9. The van der Waals surface area contributed by atoms with Crippen LogP contribution in [0.15, 0.2) is 41.5 Å². The maximum absolute atomic E-state index is 14.1. The molecule has 5 rings (SSSR count). The summed E-state index contributed by atoms with van der Waals surface area (Å²) < 4.78 is 25.6. The minimum Gasteiger partial charge on any atom is -0.458 e. The van der Waals surface area contributed by atoms with E-state index in [2.05, 4.69) is 27.7 Å². The fourth-order valence-electron chi connectivity index (χ4n) is 9.50. The molecule has 0 aromatic heterocycles. The van der Waals surface area contributed by atoms with Crippen LogP contribution in [-0.4, -0.2) is 76.6 Å². The van der Waals surface area contributed by atoms with E-state index in [9.17, 15) is 19.8 Å². The summed E-state index contributed by atoms with van der Waals surface area (Å²) >= 11 is 1.58. The normalized spacial score (nSPS) is 38.6. The van der Waals surface area contributed by atoms with Gasteiger partial charge in [0.05, 0.1) is 36.2 Å². The number of carbonyl (C=O) groups is 2. The molecular formula is C38H56AcO8S. The third kappa shape index (κ3) is 6.01. The number of aliphatic hydroxyl groups is 2. The smallest absolute Gasteiger partial charge is 0.338 e. The third-order valence-corrected chi connectivity index (χ3v) is 13.8. The monoisotopic (exact) mass is 899 g/mol. The third-order valence-electron chi connectivity index (χ3n) is 13.5. The van der Waals surface area contributed by atoms with E-state index < -0.39 is 57.6 Å². The molecule has 1 radical (unpaired) electrons. The van der Waals surface area contributed by atoms with Gasteiger partial charge in [0.1, 0.15) is 23.4 Å². The van der Waals surface area contributed by atoms with Crippen molar-refractivity contribution in [2.75, 3.05) is 18.8 Å². The standard InChI is InChI=1S/C38H56O8S.Ac/c1-21(2)22(3)32(39)45-26-18-38(42)31(46-33(40)25-15-13-12-14-16-25)30-36(10,27(44-20-47-11)17-28-37(30,41)19-43-28)34(6,7)24(5)29(23(26)4)35(38,8)9;/h12-16,21-22,24,26-28,30-31,41-42H,17-20H2,1-11H3;/t22-,24-,26?,27?,28?,30?,31?,36-,37+,38?;/m1./s1. The van der Waals surface area contributed by atoms with Crippen molar-refractivity contribution in [3.05, 3.63) is 47.0 Å². The number of ether oxygens (including phenoxy) is 4. The van der Waals surface area contributed by atoms with E-state index in [1.54, 1.807) is 36.0 Å². The van der Waals surface area contributed by atoms with Crippen LogP contribution < -0.4 is 0 Å². The Hall–Kier alpha value is -0.468. The summed E-state index contributed by atoms with van der Waals surface area (Å²) in [4.78, 5) is 27.6. The molecule has 48 heavy (non-hydrogen) atoms. The predicted octanol–water partition coefficient (Wildman–Crippen LogP) is 6.43. The molecule has 4 aliphatic rings. The summed E-state index contributed by atoms with van der Waals surface area (Å²) in [5.41, 5.74) is -3.20. The van der Waals surface area contributed by atoms with E-state index in [0.717, 1.165) is 11.1 Å².